The molecule has 0 saturated heterocycles. The van der Waals surface area contributed by atoms with Crippen molar-refractivity contribution in [1.82, 2.24) is 0 Å². The molecule has 0 bridgehead atoms. The van der Waals surface area contributed by atoms with Crippen LogP contribution in [-0.4, -0.2) is 22.7 Å². The number of nitro groups is 1. The molecule has 2 rings (SSSR count). The first kappa shape index (κ1) is 15.1. The fourth-order valence-corrected chi connectivity index (χ4v) is 2.83. The van der Waals surface area contributed by atoms with Gasteiger partial charge in [-0.05, 0) is 50.2 Å². The second kappa shape index (κ2) is 6.41. The van der Waals surface area contributed by atoms with E-state index in [2.05, 4.69) is 5.32 Å². The normalized spacial score (nSPS) is 22.6. The molecule has 20 heavy (non-hydrogen) atoms. The molecule has 0 aromatic heterocycles. The van der Waals surface area contributed by atoms with Crippen LogP contribution in [0.25, 0.3) is 0 Å². The minimum Gasteiger partial charge on any atom is -0.393 e. The molecule has 0 atom stereocenters. The average Bonchev–Trinajstić information content (AvgIpc) is 2.41. The number of aryl methyl sites for hydroxylation is 1. The van der Waals surface area contributed by atoms with Crippen molar-refractivity contribution in [3.05, 3.63) is 32.8 Å². The van der Waals surface area contributed by atoms with Crippen molar-refractivity contribution in [3.8, 4) is 0 Å². The predicted molar refractivity (Wildman–Crippen MR) is 79.3 cm³/mol. The fraction of sp³-hybridized carbons (Fsp3) is 0.571. The smallest absolute Gasteiger partial charge is 0.288 e. The number of nitro benzene ring substituents is 1. The molecule has 1 aromatic rings. The van der Waals surface area contributed by atoms with Crippen molar-refractivity contribution >= 4 is 23.0 Å². The second-order valence-electron chi connectivity index (χ2n) is 5.43. The van der Waals surface area contributed by atoms with Gasteiger partial charge in [0.15, 0.2) is 0 Å². The minimum atomic E-state index is -0.471. The molecule has 1 aromatic carbocycles. The number of hydrogen-bond acceptors (Lipinski definition) is 4. The average molecular weight is 299 g/mol. The Kier molecular flexibility index (Phi) is 4.83. The van der Waals surface area contributed by atoms with Crippen molar-refractivity contribution in [3.63, 3.8) is 0 Å². The van der Waals surface area contributed by atoms with Crippen LogP contribution in [0.1, 0.15) is 31.2 Å². The number of halogens is 1. The Hall–Kier alpha value is -1.33. The van der Waals surface area contributed by atoms with Gasteiger partial charge in [-0.2, -0.15) is 0 Å². The van der Waals surface area contributed by atoms with Crippen LogP contribution in [0.3, 0.4) is 0 Å². The largest absolute Gasteiger partial charge is 0.393 e. The lowest BCUT2D eigenvalue weighted by atomic mass is 9.87. The third-order valence-electron chi connectivity index (χ3n) is 3.89. The van der Waals surface area contributed by atoms with Crippen molar-refractivity contribution in [2.45, 2.75) is 38.7 Å². The number of aliphatic hydroxyl groups excluding tert-OH is 1. The molecular formula is C14H19ClN2O3. The van der Waals surface area contributed by atoms with Crippen LogP contribution < -0.4 is 5.32 Å². The summed E-state index contributed by atoms with van der Waals surface area (Å²) in [6.45, 7) is 2.64. The van der Waals surface area contributed by atoms with Crippen LogP contribution in [0.15, 0.2) is 12.1 Å². The molecular weight excluding hydrogens is 280 g/mol. The van der Waals surface area contributed by atoms with Crippen LogP contribution in [0, 0.1) is 23.0 Å². The fourth-order valence-electron chi connectivity index (χ4n) is 2.60. The number of anilines is 1. The topological polar surface area (TPSA) is 75.4 Å². The molecule has 0 aliphatic heterocycles. The summed E-state index contributed by atoms with van der Waals surface area (Å²) < 4.78 is 0. The SMILES string of the molecule is Cc1cc([N+](=O)[O-])c(Cl)cc1NCC1CCC(O)CC1. The van der Waals surface area contributed by atoms with Gasteiger partial charge >= 0.3 is 0 Å². The predicted octanol–water partition coefficient (Wildman–Crippen LogP) is 3.52. The molecule has 0 spiro atoms. The monoisotopic (exact) mass is 298 g/mol. The van der Waals surface area contributed by atoms with E-state index >= 15 is 0 Å². The molecule has 1 fully saturated rings. The Morgan fingerprint density at radius 2 is 2.05 bits per heavy atom. The summed E-state index contributed by atoms with van der Waals surface area (Å²) in [6, 6.07) is 3.11. The zero-order valence-corrected chi connectivity index (χ0v) is 12.2. The van der Waals surface area contributed by atoms with E-state index in [-0.39, 0.29) is 16.8 Å². The van der Waals surface area contributed by atoms with Gasteiger partial charge in [0.1, 0.15) is 5.02 Å². The van der Waals surface area contributed by atoms with Gasteiger partial charge in [0, 0.05) is 18.3 Å². The van der Waals surface area contributed by atoms with E-state index in [1.54, 1.807) is 6.07 Å². The summed E-state index contributed by atoms with van der Waals surface area (Å²) in [5, 5.41) is 23.7. The van der Waals surface area contributed by atoms with Crippen LogP contribution in [-0.2, 0) is 0 Å². The lowest BCUT2D eigenvalue weighted by Gasteiger charge is -2.26. The molecule has 0 unspecified atom stereocenters. The molecule has 0 amide bonds. The van der Waals surface area contributed by atoms with Crippen molar-refractivity contribution in [2.24, 2.45) is 5.92 Å². The van der Waals surface area contributed by atoms with Crippen LogP contribution in [0.5, 0.6) is 0 Å². The Balaban J connectivity index is 1.99. The van der Waals surface area contributed by atoms with Gasteiger partial charge in [0.25, 0.3) is 5.69 Å². The highest BCUT2D eigenvalue weighted by Gasteiger charge is 2.20. The highest BCUT2D eigenvalue weighted by molar-refractivity contribution is 6.33. The lowest BCUT2D eigenvalue weighted by Crippen LogP contribution is -2.23. The van der Waals surface area contributed by atoms with Gasteiger partial charge in [0.05, 0.1) is 11.0 Å². The van der Waals surface area contributed by atoms with Crippen LogP contribution in [0.4, 0.5) is 11.4 Å². The summed E-state index contributed by atoms with van der Waals surface area (Å²) in [5.74, 6) is 0.534. The standard InChI is InChI=1S/C14H19ClN2O3/c1-9-6-14(17(19)20)12(15)7-13(9)16-8-10-2-4-11(18)5-3-10/h6-7,10-11,16,18H,2-5,8H2,1H3. The third-order valence-corrected chi connectivity index (χ3v) is 4.19. The van der Waals surface area contributed by atoms with Gasteiger partial charge in [0.2, 0.25) is 0 Å². The quantitative estimate of drug-likeness (QED) is 0.659. The van der Waals surface area contributed by atoms with Gasteiger partial charge in [-0.15, -0.1) is 0 Å². The van der Waals surface area contributed by atoms with E-state index in [0.29, 0.717) is 5.92 Å². The number of nitrogens with zero attached hydrogens (tertiary/aromatic N) is 1. The Morgan fingerprint density at radius 1 is 1.40 bits per heavy atom. The summed E-state index contributed by atoms with van der Waals surface area (Å²) in [5.41, 5.74) is 1.60. The maximum Gasteiger partial charge on any atom is 0.288 e. The summed E-state index contributed by atoms with van der Waals surface area (Å²) in [6.07, 6.45) is 3.57. The first-order chi connectivity index (χ1) is 9.47. The van der Waals surface area contributed by atoms with E-state index in [4.69, 9.17) is 11.6 Å². The number of nitrogens with one attached hydrogen (secondary N) is 1. The van der Waals surface area contributed by atoms with Crippen LogP contribution in [0.2, 0.25) is 5.02 Å². The molecule has 0 radical (unpaired) electrons. The molecule has 2 N–H and O–H groups in total. The van der Waals surface area contributed by atoms with Crippen molar-refractivity contribution in [1.29, 1.82) is 0 Å². The second-order valence-corrected chi connectivity index (χ2v) is 5.84. The van der Waals surface area contributed by atoms with E-state index < -0.39 is 4.92 Å². The lowest BCUT2D eigenvalue weighted by molar-refractivity contribution is -0.384. The summed E-state index contributed by atoms with van der Waals surface area (Å²) in [4.78, 5) is 10.3. The summed E-state index contributed by atoms with van der Waals surface area (Å²) >= 11 is 5.92. The number of benzene rings is 1. The Labute approximate surface area is 123 Å². The van der Waals surface area contributed by atoms with Crippen LogP contribution >= 0.6 is 11.6 Å². The highest BCUT2D eigenvalue weighted by atomic mass is 35.5. The molecule has 6 heteroatoms. The highest BCUT2D eigenvalue weighted by Crippen LogP contribution is 2.31. The number of hydrogen-bond donors (Lipinski definition) is 2. The van der Waals surface area contributed by atoms with Crippen molar-refractivity contribution < 1.29 is 10.0 Å². The van der Waals surface area contributed by atoms with Gasteiger partial charge < -0.3 is 10.4 Å². The molecule has 5 nitrogen and oxygen atoms in total. The molecule has 1 aliphatic rings. The Bertz CT molecular complexity index is 499. The molecule has 1 saturated carbocycles. The maximum atomic E-state index is 10.8. The van der Waals surface area contributed by atoms with Gasteiger partial charge in [-0.1, -0.05) is 11.6 Å². The Morgan fingerprint density at radius 3 is 2.65 bits per heavy atom. The van der Waals surface area contributed by atoms with E-state index in [1.165, 1.54) is 6.07 Å². The van der Waals surface area contributed by atoms with E-state index in [9.17, 15) is 15.2 Å². The third kappa shape index (κ3) is 3.61. The van der Waals surface area contributed by atoms with Gasteiger partial charge in [-0.3, -0.25) is 10.1 Å². The van der Waals surface area contributed by atoms with E-state index in [0.717, 1.165) is 43.5 Å². The number of rotatable bonds is 4. The maximum absolute atomic E-state index is 10.8. The minimum absolute atomic E-state index is 0.0597. The number of aliphatic hydroxyl groups is 1. The first-order valence-corrected chi connectivity index (χ1v) is 7.21. The molecule has 1 aliphatic carbocycles. The first-order valence-electron chi connectivity index (χ1n) is 6.84. The van der Waals surface area contributed by atoms with E-state index in [1.807, 2.05) is 6.92 Å². The zero-order valence-electron chi connectivity index (χ0n) is 11.4. The molecule has 110 valence electrons. The zero-order chi connectivity index (χ0) is 14.7. The summed E-state index contributed by atoms with van der Waals surface area (Å²) in [7, 11) is 0. The molecule has 0 heterocycles. The van der Waals surface area contributed by atoms with Gasteiger partial charge in [-0.25, -0.2) is 0 Å². The van der Waals surface area contributed by atoms with Crippen molar-refractivity contribution in [2.75, 3.05) is 11.9 Å².